The van der Waals surface area contributed by atoms with E-state index in [4.69, 9.17) is 21.6 Å². The first-order valence-corrected chi connectivity index (χ1v) is 8.80. The third kappa shape index (κ3) is 3.86. The highest BCUT2D eigenvalue weighted by Crippen LogP contribution is 2.29. The van der Waals surface area contributed by atoms with Crippen molar-refractivity contribution in [2.24, 2.45) is 0 Å². The Labute approximate surface area is 144 Å². The number of aromatic nitrogens is 3. The van der Waals surface area contributed by atoms with Crippen molar-refractivity contribution in [3.8, 4) is 17.5 Å². The summed E-state index contributed by atoms with van der Waals surface area (Å²) in [4.78, 5) is 0. The first-order valence-electron chi connectivity index (χ1n) is 7.54. The quantitative estimate of drug-likeness (QED) is 0.769. The molecule has 0 unspecified atom stereocenters. The van der Waals surface area contributed by atoms with Gasteiger partial charge in [-0.05, 0) is 44.0 Å². The minimum atomic E-state index is -0.180. The van der Waals surface area contributed by atoms with E-state index in [-0.39, 0.29) is 11.4 Å². The molecule has 0 amide bonds. The fourth-order valence-electron chi connectivity index (χ4n) is 2.53. The topological polar surface area (TPSA) is 63.7 Å². The van der Waals surface area contributed by atoms with Gasteiger partial charge in [0.15, 0.2) is 11.0 Å². The lowest BCUT2D eigenvalue weighted by atomic mass is 10.2. The summed E-state index contributed by atoms with van der Waals surface area (Å²) in [6.07, 6.45) is 2.30. The molecule has 2 aromatic rings. The number of thioether (sulfide) groups is 1. The molecule has 2 atom stereocenters. The second-order valence-corrected chi connectivity index (χ2v) is 7.19. The second-order valence-electron chi connectivity index (χ2n) is 5.45. The van der Waals surface area contributed by atoms with E-state index in [1.807, 2.05) is 31.2 Å². The molecule has 3 rings (SSSR count). The Bertz CT molecular complexity index is 704. The lowest BCUT2D eigenvalue weighted by Crippen LogP contribution is -2.17. The highest BCUT2D eigenvalue weighted by molar-refractivity contribution is 8.00. The Balaban J connectivity index is 1.94. The molecule has 120 valence electrons. The van der Waals surface area contributed by atoms with Crippen molar-refractivity contribution >= 4 is 23.4 Å². The Morgan fingerprint density at radius 2 is 2.22 bits per heavy atom. The normalized spacial score (nSPS) is 18.7. The Kier molecular flexibility index (Phi) is 5.21. The van der Waals surface area contributed by atoms with Gasteiger partial charge in [0.2, 0.25) is 0 Å². The van der Waals surface area contributed by atoms with E-state index in [1.165, 1.54) is 11.8 Å². The van der Waals surface area contributed by atoms with Crippen molar-refractivity contribution in [2.45, 2.75) is 42.8 Å². The van der Waals surface area contributed by atoms with Crippen LogP contribution in [0.25, 0.3) is 11.4 Å². The van der Waals surface area contributed by atoms with Gasteiger partial charge in [-0.15, -0.1) is 10.2 Å². The van der Waals surface area contributed by atoms with E-state index in [2.05, 4.69) is 20.8 Å². The minimum Gasteiger partial charge on any atom is -0.376 e. The Morgan fingerprint density at radius 3 is 2.87 bits per heavy atom. The molecule has 2 heterocycles. The predicted molar refractivity (Wildman–Crippen MR) is 90.4 cm³/mol. The maximum atomic E-state index is 9.06. The molecule has 7 heteroatoms. The van der Waals surface area contributed by atoms with Crippen LogP contribution in [0.4, 0.5) is 0 Å². The van der Waals surface area contributed by atoms with Crippen molar-refractivity contribution in [3.05, 3.63) is 29.3 Å². The van der Waals surface area contributed by atoms with E-state index < -0.39 is 0 Å². The number of nitrogens with zero attached hydrogens (tertiary/aromatic N) is 4. The first kappa shape index (κ1) is 16.3. The minimum absolute atomic E-state index is 0.175. The lowest BCUT2D eigenvalue weighted by Gasteiger charge is -2.15. The SMILES string of the molecule is C[C@@H](C#N)Sc1nnc(-c2ccc(Cl)cc2)n1C[C@@H]1CCCO1. The van der Waals surface area contributed by atoms with E-state index >= 15 is 0 Å². The molecule has 0 aliphatic carbocycles. The molecule has 1 aromatic heterocycles. The molecular formula is C16H17ClN4OS. The molecule has 1 aliphatic rings. The average Bonchev–Trinajstić information content (AvgIpc) is 3.20. The van der Waals surface area contributed by atoms with E-state index in [0.29, 0.717) is 11.6 Å². The van der Waals surface area contributed by atoms with Gasteiger partial charge < -0.3 is 4.74 Å². The van der Waals surface area contributed by atoms with Gasteiger partial charge in [-0.3, -0.25) is 4.57 Å². The second kappa shape index (κ2) is 7.35. The van der Waals surface area contributed by atoms with E-state index in [9.17, 15) is 0 Å². The summed E-state index contributed by atoms with van der Waals surface area (Å²) in [5.74, 6) is 0.782. The zero-order valence-corrected chi connectivity index (χ0v) is 14.3. The van der Waals surface area contributed by atoms with E-state index in [0.717, 1.165) is 36.0 Å². The largest absolute Gasteiger partial charge is 0.376 e. The third-order valence-corrected chi connectivity index (χ3v) is 4.92. The molecule has 1 saturated heterocycles. The van der Waals surface area contributed by atoms with Crippen LogP contribution in [0.1, 0.15) is 19.8 Å². The summed E-state index contributed by atoms with van der Waals surface area (Å²) in [5.41, 5.74) is 0.955. The van der Waals surface area contributed by atoms with Crippen LogP contribution >= 0.6 is 23.4 Å². The summed E-state index contributed by atoms with van der Waals surface area (Å²) < 4.78 is 7.80. The third-order valence-electron chi connectivity index (χ3n) is 3.69. The molecule has 0 radical (unpaired) electrons. The maximum absolute atomic E-state index is 9.06. The lowest BCUT2D eigenvalue weighted by molar-refractivity contribution is 0.0953. The molecule has 0 bridgehead atoms. The van der Waals surface area contributed by atoms with Gasteiger partial charge in [0, 0.05) is 17.2 Å². The van der Waals surface area contributed by atoms with Crippen molar-refractivity contribution in [3.63, 3.8) is 0 Å². The van der Waals surface area contributed by atoms with Crippen molar-refractivity contribution in [1.29, 1.82) is 5.26 Å². The van der Waals surface area contributed by atoms with Crippen LogP contribution in [-0.4, -0.2) is 32.7 Å². The Morgan fingerprint density at radius 1 is 1.43 bits per heavy atom. The summed E-state index contributed by atoms with van der Waals surface area (Å²) in [7, 11) is 0. The monoisotopic (exact) mass is 348 g/mol. The fourth-order valence-corrected chi connectivity index (χ4v) is 3.40. The van der Waals surface area contributed by atoms with Gasteiger partial charge in [0.1, 0.15) is 0 Å². The van der Waals surface area contributed by atoms with Gasteiger partial charge in [0.05, 0.1) is 24.0 Å². The molecule has 23 heavy (non-hydrogen) atoms. The summed E-state index contributed by atoms with van der Waals surface area (Å²) in [6.45, 7) is 3.36. The Hall–Kier alpha value is -1.55. The van der Waals surface area contributed by atoms with Gasteiger partial charge in [-0.1, -0.05) is 23.4 Å². The number of hydrogen-bond acceptors (Lipinski definition) is 5. The molecule has 0 saturated carbocycles. The molecule has 1 aromatic carbocycles. The molecule has 0 N–H and O–H groups in total. The summed E-state index contributed by atoms with van der Waals surface area (Å²) >= 11 is 7.39. The molecule has 0 spiro atoms. The maximum Gasteiger partial charge on any atom is 0.192 e. The van der Waals surface area contributed by atoms with Crippen LogP contribution in [0.3, 0.4) is 0 Å². The highest BCUT2D eigenvalue weighted by Gasteiger charge is 2.22. The van der Waals surface area contributed by atoms with Crippen molar-refractivity contribution in [1.82, 2.24) is 14.8 Å². The van der Waals surface area contributed by atoms with Crippen LogP contribution in [0.2, 0.25) is 5.02 Å². The van der Waals surface area contributed by atoms with Crippen LogP contribution in [0.15, 0.2) is 29.4 Å². The van der Waals surface area contributed by atoms with E-state index in [1.54, 1.807) is 0 Å². The zero-order valence-electron chi connectivity index (χ0n) is 12.8. The van der Waals surface area contributed by atoms with Gasteiger partial charge in [0.25, 0.3) is 0 Å². The molecular weight excluding hydrogens is 332 g/mol. The average molecular weight is 349 g/mol. The first-order chi connectivity index (χ1) is 11.2. The number of rotatable bonds is 5. The van der Waals surface area contributed by atoms with Gasteiger partial charge >= 0.3 is 0 Å². The highest BCUT2D eigenvalue weighted by atomic mass is 35.5. The number of benzene rings is 1. The number of ether oxygens (including phenoxy) is 1. The van der Waals surface area contributed by atoms with Crippen LogP contribution in [0, 0.1) is 11.3 Å². The number of hydrogen-bond donors (Lipinski definition) is 0. The standard InChI is InChI=1S/C16H17ClN4OS/c1-11(9-18)23-16-20-19-15(12-4-6-13(17)7-5-12)21(16)10-14-3-2-8-22-14/h4-7,11,14H,2-3,8,10H2,1H3/t11-,14-/m0/s1. The number of halogens is 1. The summed E-state index contributed by atoms with van der Waals surface area (Å²) in [6, 6.07) is 9.77. The smallest absolute Gasteiger partial charge is 0.192 e. The number of nitriles is 1. The fraction of sp³-hybridized carbons (Fsp3) is 0.438. The molecule has 5 nitrogen and oxygen atoms in total. The predicted octanol–water partition coefficient (Wildman–Crippen LogP) is 3.78. The van der Waals surface area contributed by atoms with Crippen LogP contribution in [-0.2, 0) is 11.3 Å². The van der Waals surface area contributed by atoms with Crippen molar-refractivity contribution < 1.29 is 4.74 Å². The molecule has 1 aliphatic heterocycles. The summed E-state index contributed by atoms with van der Waals surface area (Å²) in [5, 5.41) is 18.9. The molecule has 1 fully saturated rings. The van der Waals surface area contributed by atoms with Gasteiger partial charge in [-0.2, -0.15) is 5.26 Å². The van der Waals surface area contributed by atoms with Crippen LogP contribution in [0.5, 0.6) is 0 Å². The van der Waals surface area contributed by atoms with Crippen LogP contribution < -0.4 is 0 Å². The zero-order chi connectivity index (χ0) is 16.2. The van der Waals surface area contributed by atoms with Gasteiger partial charge in [-0.25, -0.2) is 0 Å². The van der Waals surface area contributed by atoms with Crippen molar-refractivity contribution in [2.75, 3.05) is 6.61 Å².